The smallest absolute Gasteiger partial charge is 0.0106 e. The molecule has 1 fully saturated rings. The Morgan fingerprint density at radius 3 is 2.61 bits per heavy atom. The maximum absolute atomic E-state index is 3.72. The van der Waals surface area contributed by atoms with Crippen molar-refractivity contribution in [3.63, 3.8) is 0 Å². The van der Waals surface area contributed by atoms with E-state index >= 15 is 0 Å². The zero-order valence-corrected chi connectivity index (χ0v) is 12.4. The van der Waals surface area contributed by atoms with Gasteiger partial charge in [0.2, 0.25) is 0 Å². The summed E-state index contributed by atoms with van der Waals surface area (Å²) in [5, 5.41) is 3.72. The third-order valence-electron chi connectivity index (χ3n) is 4.15. The largest absolute Gasteiger partial charge is 0.313 e. The molecule has 2 heteroatoms. The first kappa shape index (κ1) is 14.0. The third kappa shape index (κ3) is 4.33. The molecule has 2 rings (SSSR count). The molecule has 18 heavy (non-hydrogen) atoms. The van der Waals surface area contributed by atoms with Crippen molar-refractivity contribution in [1.29, 1.82) is 0 Å². The van der Waals surface area contributed by atoms with Gasteiger partial charge in [-0.1, -0.05) is 32.0 Å². The molecule has 100 valence electrons. The normalized spacial score (nSPS) is 28.2. The van der Waals surface area contributed by atoms with Crippen LogP contribution in [0.4, 0.5) is 0 Å². The third-order valence-corrected chi connectivity index (χ3v) is 5.16. The summed E-state index contributed by atoms with van der Waals surface area (Å²) in [5.41, 5.74) is 0. The highest BCUT2D eigenvalue weighted by molar-refractivity contribution is 7.99. The van der Waals surface area contributed by atoms with E-state index in [2.05, 4.69) is 49.5 Å². The summed E-state index contributed by atoms with van der Waals surface area (Å²) in [6, 6.07) is 11.4. The van der Waals surface area contributed by atoms with Gasteiger partial charge in [0.05, 0.1) is 0 Å². The van der Waals surface area contributed by atoms with Crippen LogP contribution < -0.4 is 5.32 Å². The van der Waals surface area contributed by atoms with Crippen LogP contribution in [-0.4, -0.2) is 18.3 Å². The molecule has 0 aliphatic heterocycles. The van der Waals surface area contributed by atoms with Gasteiger partial charge in [-0.05, 0) is 43.2 Å². The van der Waals surface area contributed by atoms with E-state index in [1.54, 1.807) is 0 Å². The van der Waals surface area contributed by atoms with Crippen LogP contribution in [0, 0.1) is 11.8 Å². The molecule has 3 atom stereocenters. The van der Waals surface area contributed by atoms with Crippen LogP contribution in [0.2, 0.25) is 0 Å². The van der Waals surface area contributed by atoms with Crippen LogP contribution in [0.25, 0.3) is 0 Å². The molecule has 1 aliphatic carbocycles. The van der Waals surface area contributed by atoms with E-state index in [0.29, 0.717) is 0 Å². The van der Waals surface area contributed by atoms with Gasteiger partial charge in [0.15, 0.2) is 0 Å². The summed E-state index contributed by atoms with van der Waals surface area (Å²) >= 11 is 1.95. The van der Waals surface area contributed by atoms with E-state index in [1.165, 1.54) is 29.9 Å². The predicted molar refractivity (Wildman–Crippen MR) is 81.1 cm³/mol. The summed E-state index contributed by atoms with van der Waals surface area (Å²) in [7, 11) is 0. The Balaban J connectivity index is 1.61. The molecule has 0 saturated heterocycles. The van der Waals surface area contributed by atoms with E-state index in [-0.39, 0.29) is 0 Å². The van der Waals surface area contributed by atoms with E-state index < -0.39 is 0 Å². The molecular weight excluding hydrogens is 238 g/mol. The second-order valence-corrected chi connectivity index (χ2v) is 6.75. The second kappa shape index (κ2) is 7.20. The molecule has 1 nitrogen and oxygen atoms in total. The molecule has 1 aromatic carbocycles. The van der Waals surface area contributed by atoms with Gasteiger partial charge < -0.3 is 5.32 Å². The summed E-state index contributed by atoms with van der Waals surface area (Å²) < 4.78 is 0. The Morgan fingerprint density at radius 2 is 1.89 bits per heavy atom. The number of hydrogen-bond acceptors (Lipinski definition) is 2. The molecule has 0 bridgehead atoms. The zero-order chi connectivity index (χ0) is 12.8. The van der Waals surface area contributed by atoms with Gasteiger partial charge in [0.25, 0.3) is 0 Å². The van der Waals surface area contributed by atoms with Crippen LogP contribution in [-0.2, 0) is 0 Å². The fourth-order valence-electron chi connectivity index (χ4n) is 2.68. The highest BCUT2D eigenvalue weighted by Crippen LogP contribution is 2.29. The van der Waals surface area contributed by atoms with Crippen molar-refractivity contribution in [1.82, 2.24) is 5.32 Å². The molecule has 0 aromatic heterocycles. The highest BCUT2D eigenvalue weighted by atomic mass is 32.2. The summed E-state index contributed by atoms with van der Waals surface area (Å²) in [5.74, 6) is 2.98. The van der Waals surface area contributed by atoms with Crippen molar-refractivity contribution in [3.05, 3.63) is 30.3 Å². The Labute approximate surface area is 116 Å². The van der Waals surface area contributed by atoms with Crippen molar-refractivity contribution in [3.8, 4) is 0 Å². The Hall–Kier alpha value is -0.470. The molecule has 1 aromatic rings. The van der Waals surface area contributed by atoms with Gasteiger partial charge in [0.1, 0.15) is 0 Å². The molecule has 1 saturated carbocycles. The van der Waals surface area contributed by atoms with Gasteiger partial charge >= 0.3 is 0 Å². The van der Waals surface area contributed by atoms with Crippen LogP contribution in [0.5, 0.6) is 0 Å². The Kier molecular flexibility index (Phi) is 5.58. The minimum absolute atomic E-state index is 0.757. The lowest BCUT2D eigenvalue weighted by Gasteiger charge is -2.32. The topological polar surface area (TPSA) is 12.0 Å². The number of thioether (sulfide) groups is 1. The number of hydrogen-bond donors (Lipinski definition) is 1. The lowest BCUT2D eigenvalue weighted by atomic mass is 9.79. The van der Waals surface area contributed by atoms with Crippen molar-refractivity contribution < 1.29 is 0 Å². The summed E-state index contributed by atoms with van der Waals surface area (Å²) in [6.45, 7) is 5.93. The second-order valence-electron chi connectivity index (χ2n) is 5.58. The average molecular weight is 263 g/mol. The first-order chi connectivity index (χ1) is 8.75. The highest BCUT2D eigenvalue weighted by Gasteiger charge is 2.23. The first-order valence-electron chi connectivity index (χ1n) is 7.17. The Morgan fingerprint density at radius 1 is 1.11 bits per heavy atom. The van der Waals surface area contributed by atoms with Crippen molar-refractivity contribution >= 4 is 11.8 Å². The zero-order valence-electron chi connectivity index (χ0n) is 11.6. The van der Waals surface area contributed by atoms with Gasteiger partial charge in [-0.2, -0.15) is 0 Å². The quantitative estimate of drug-likeness (QED) is 0.631. The average Bonchev–Trinajstić information content (AvgIpc) is 2.40. The maximum Gasteiger partial charge on any atom is 0.0106 e. The standard InChI is InChI=1S/C16H25NS/c1-13-8-9-15(12-14(13)2)17-10-11-18-16-6-4-3-5-7-16/h3-7,13-15,17H,8-12H2,1-2H3. The predicted octanol–water partition coefficient (Wildman–Crippen LogP) is 4.19. The first-order valence-corrected chi connectivity index (χ1v) is 8.15. The van der Waals surface area contributed by atoms with Gasteiger partial charge in [-0.3, -0.25) is 0 Å². The van der Waals surface area contributed by atoms with Gasteiger partial charge in [-0.25, -0.2) is 0 Å². The lowest BCUT2D eigenvalue weighted by Crippen LogP contribution is -2.37. The molecule has 1 N–H and O–H groups in total. The van der Waals surface area contributed by atoms with Gasteiger partial charge in [-0.15, -0.1) is 11.8 Å². The molecular formula is C16H25NS. The van der Waals surface area contributed by atoms with Crippen molar-refractivity contribution in [2.75, 3.05) is 12.3 Å². The lowest BCUT2D eigenvalue weighted by molar-refractivity contribution is 0.228. The van der Waals surface area contributed by atoms with Crippen LogP contribution >= 0.6 is 11.8 Å². The monoisotopic (exact) mass is 263 g/mol. The van der Waals surface area contributed by atoms with E-state index in [9.17, 15) is 0 Å². The summed E-state index contributed by atoms with van der Waals surface area (Å²) in [4.78, 5) is 1.38. The SMILES string of the molecule is CC1CCC(NCCSc2ccccc2)CC1C. The minimum Gasteiger partial charge on any atom is -0.313 e. The number of benzene rings is 1. The van der Waals surface area contributed by atoms with Crippen molar-refractivity contribution in [2.24, 2.45) is 11.8 Å². The minimum atomic E-state index is 0.757. The van der Waals surface area contributed by atoms with E-state index in [0.717, 1.165) is 24.4 Å². The molecule has 3 unspecified atom stereocenters. The van der Waals surface area contributed by atoms with Crippen molar-refractivity contribution in [2.45, 2.75) is 44.0 Å². The summed E-state index contributed by atoms with van der Waals surface area (Å²) in [6.07, 6.45) is 4.11. The molecule has 0 radical (unpaired) electrons. The van der Waals surface area contributed by atoms with Crippen LogP contribution in [0.15, 0.2) is 35.2 Å². The van der Waals surface area contributed by atoms with E-state index in [4.69, 9.17) is 0 Å². The fourth-order valence-corrected chi connectivity index (χ4v) is 3.49. The van der Waals surface area contributed by atoms with Crippen LogP contribution in [0.3, 0.4) is 0 Å². The van der Waals surface area contributed by atoms with Crippen LogP contribution in [0.1, 0.15) is 33.1 Å². The fraction of sp³-hybridized carbons (Fsp3) is 0.625. The maximum atomic E-state index is 3.72. The van der Waals surface area contributed by atoms with Gasteiger partial charge in [0, 0.05) is 23.2 Å². The molecule has 0 spiro atoms. The Bertz CT molecular complexity index is 338. The number of nitrogens with one attached hydrogen (secondary N) is 1. The molecule has 0 amide bonds. The molecule has 1 aliphatic rings. The van der Waals surface area contributed by atoms with E-state index in [1.807, 2.05) is 11.8 Å². The number of rotatable bonds is 5. The molecule has 0 heterocycles.